The van der Waals surface area contributed by atoms with Crippen molar-refractivity contribution in [3.63, 3.8) is 0 Å². The Balaban J connectivity index is 2.60. The van der Waals surface area contributed by atoms with Crippen LogP contribution in [0.15, 0.2) is 4.99 Å². The van der Waals surface area contributed by atoms with Gasteiger partial charge in [0.15, 0.2) is 10.8 Å². The molecular weight excluding hydrogens is 232 g/mol. The van der Waals surface area contributed by atoms with Crippen LogP contribution >= 0.6 is 0 Å². The number of amidine groups is 1. The lowest BCUT2D eigenvalue weighted by Crippen LogP contribution is -2.31. The van der Waals surface area contributed by atoms with Gasteiger partial charge in [0.25, 0.3) is 5.91 Å². The van der Waals surface area contributed by atoms with E-state index < -0.39 is 28.1 Å². The zero-order chi connectivity index (χ0) is 13.9. The number of nitrogens with zero attached hydrogens (tertiary/aromatic N) is 3. The number of hydrogen-bond donors (Lipinski definition) is 1. The number of amides is 1. The van der Waals surface area contributed by atoms with E-state index in [-0.39, 0.29) is 11.6 Å². The molecule has 0 saturated heterocycles. The predicted octanol–water partition coefficient (Wildman–Crippen LogP) is 0.149. The molecule has 1 saturated carbocycles. The second-order valence-corrected chi connectivity index (χ2v) is 5.69. The van der Waals surface area contributed by atoms with Crippen LogP contribution < -0.4 is 5.73 Å². The molecule has 0 aromatic carbocycles. The fourth-order valence-corrected chi connectivity index (χ4v) is 2.64. The van der Waals surface area contributed by atoms with E-state index >= 15 is 0 Å². The van der Waals surface area contributed by atoms with E-state index in [1.807, 2.05) is 6.07 Å². The van der Waals surface area contributed by atoms with Crippen molar-refractivity contribution in [1.82, 2.24) is 0 Å². The molecule has 1 heterocycles. The number of hydrogen-bond acceptors (Lipinski definition) is 5. The molecule has 0 aromatic rings. The van der Waals surface area contributed by atoms with Gasteiger partial charge in [-0.15, -0.1) is 0 Å². The number of Topliss-reactive ketones (excluding diaryl/α,β-unsaturated/α-hetero) is 1. The van der Waals surface area contributed by atoms with Crippen molar-refractivity contribution in [3.05, 3.63) is 0 Å². The SMILES string of the molecule is CC(C)(C)C(=O)[C@@H]1[C@]2(C#N)C(=O)N=C(N)[C@]12C#N. The Morgan fingerprint density at radius 2 is 1.83 bits per heavy atom. The Labute approximate surface area is 104 Å². The van der Waals surface area contributed by atoms with Gasteiger partial charge >= 0.3 is 0 Å². The Bertz CT molecular complexity index is 587. The average Bonchev–Trinajstić information content (AvgIpc) is 2.83. The summed E-state index contributed by atoms with van der Waals surface area (Å²) in [5, 5.41) is 18.5. The van der Waals surface area contributed by atoms with Gasteiger partial charge in [0, 0.05) is 5.41 Å². The minimum absolute atomic E-state index is 0.209. The highest BCUT2D eigenvalue weighted by molar-refractivity contribution is 6.22. The van der Waals surface area contributed by atoms with Crippen LogP contribution in [-0.2, 0) is 9.59 Å². The fourth-order valence-electron chi connectivity index (χ4n) is 2.64. The summed E-state index contributed by atoms with van der Waals surface area (Å²) in [5.41, 5.74) is 1.59. The first-order valence-electron chi connectivity index (χ1n) is 5.46. The summed E-state index contributed by atoms with van der Waals surface area (Å²) in [6.07, 6.45) is 0. The number of aliphatic imine (C=N–C) groups is 1. The molecule has 6 nitrogen and oxygen atoms in total. The van der Waals surface area contributed by atoms with Crippen LogP contribution in [0.1, 0.15) is 20.8 Å². The third-order valence-electron chi connectivity index (χ3n) is 3.72. The quantitative estimate of drug-likeness (QED) is 0.703. The summed E-state index contributed by atoms with van der Waals surface area (Å²) in [5.74, 6) is -2.28. The largest absolute Gasteiger partial charge is 0.386 e. The topological polar surface area (TPSA) is 120 Å². The third kappa shape index (κ3) is 0.948. The highest BCUT2D eigenvalue weighted by Gasteiger charge is 2.90. The number of nitrogens with two attached hydrogens (primary N) is 1. The van der Waals surface area contributed by atoms with Gasteiger partial charge in [0.1, 0.15) is 11.6 Å². The fraction of sp³-hybridized carbons (Fsp3) is 0.583. The molecule has 2 aliphatic rings. The molecule has 0 unspecified atom stereocenters. The van der Waals surface area contributed by atoms with Crippen molar-refractivity contribution in [2.24, 2.45) is 32.9 Å². The predicted molar refractivity (Wildman–Crippen MR) is 60.7 cm³/mol. The molecule has 92 valence electrons. The molecule has 1 amide bonds. The highest BCUT2D eigenvalue weighted by atomic mass is 16.2. The second-order valence-electron chi connectivity index (χ2n) is 5.69. The van der Waals surface area contributed by atoms with Crippen LogP contribution in [0, 0.1) is 44.8 Å². The molecule has 3 atom stereocenters. The van der Waals surface area contributed by atoms with Gasteiger partial charge in [-0.25, -0.2) is 0 Å². The minimum Gasteiger partial charge on any atom is -0.386 e. The van der Waals surface area contributed by atoms with Gasteiger partial charge < -0.3 is 5.73 Å². The zero-order valence-corrected chi connectivity index (χ0v) is 10.3. The number of carbonyl (C=O) groups is 2. The van der Waals surface area contributed by atoms with Crippen LogP contribution in [0.25, 0.3) is 0 Å². The lowest BCUT2D eigenvalue weighted by molar-refractivity contribution is -0.131. The van der Waals surface area contributed by atoms with Crippen LogP contribution in [0.5, 0.6) is 0 Å². The average molecular weight is 244 g/mol. The summed E-state index contributed by atoms with van der Waals surface area (Å²) >= 11 is 0. The molecule has 0 spiro atoms. The van der Waals surface area contributed by atoms with Gasteiger partial charge in [-0.3, -0.25) is 9.59 Å². The first-order chi connectivity index (χ1) is 8.20. The van der Waals surface area contributed by atoms with Crippen molar-refractivity contribution >= 4 is 17.5 Å². The molecule has 0 aromatic heterocycles. The van der Waals surface area contributed by atoms with Crippen LogP contribution in [0.3, 0.4) is 0 Å². The van der Waals surface area contributed by atoms with E-state index in [1.54, 1.807) is 26.8 Å². The van der Waals surface area contributed by atoms with E-state index in [2.05, 4.69) is 4.99 Å². The maximum atomic E-state index is 12.3. The number of rotatable bonds is 1. The Morgan fingerprint density at radius 3 is 2.17 bits per heavy atom. The lowest BCUT2D eigenvalue weighted by atomic mass is 9.84. The van der Waals surface area contributed by atoms with E-state index in [9.17, 15) is 20.1 Å². The number of fused-ring (bicyclic) bond motifs is 1. The van der Waals surface area contributed by atoms with Crippen LogP contribution in [0.4, 0.5) is 0 Å². The molecule has 1 fully saturated rings. The molecule has 2 N–H and O–H groups in total. The summed E-state index contributed by atoms with van der Waals surface area (Å²) < 4.78 is 0. The summed E-state index contributed by atoms with van der Waals surface area (Å²) in [7, 11) is 0. The summed E-state index contributed by atoms with van der Waals surface area (Å²) in [6.45, 7) is 5.03. The van der Waals surface area contributed by atoms with Crippen molar-refractivity contribution in [3.8, 4) is 12.1 Å². The Morgan fingerprint density at radius 1 is 1.33 bits per heavy atom. The van der Waals surface area contributed by atoms with Gasteiger partial charge in [-0.1, -0.05) is 20.8 Å². The zero-order valence-electron chi connectivity index (χ0n) is 10.3. The van der Waals surface area contributed by atoms with E-state index in [0.29, 0.717) is 0 Å². The number of ketones is 1. The maximum absolute atomic E-state index is 12.3. The lowest BCUT2D eigenvalue weighted by Gasteiger charge is -2.18. The molecule has 0 radical (unpaired) electrons. The molecule has 18 heavy (non-hydrogen) atoms. The second kappa shape index (κ2) is 2.97. The van der Waals surface area contributed by atoms with Crippen molar-refractivity contribution in [2.75, 3.05) is 0 Å². The van der Waals surface area contributed by atoms with Crippen LogP contribution in [-0.4, -0.2) is 17.5 Å². The smallest absolute Gasteiger partial charge is 0.270 e. The standard InChI is InChI=1S/C12H12N4O2/c1-10(2,3)7(17)6-11(4-13)8(15)16-9(18)12(6,11)5-14/h6H,1-3H3,(H2,15,16,18)/t6-,11-,12+/m0/s1. The van der Waals surface area contributed by atoms with Gasteiger partial charge in [0.05, 0.1) is 18.1 Å². The first-order valence-corrected chi connectivity index (χ1v) is 5.46. The molecule has 0 bridgehead atoms. The number of carbonyl (C=O) groups excluding carboxylic acids is 2. The molecule has 1 aliphatic carbocycles. The third-order valence-corrected chi connectivity index (χ3v) is 3.72. The monoisotopic (exact) mass is 244 g/mol. The Hall–Kier alpha value is -2.21. The first kappa shape index (κ1) is 12.3. The molecular formula is C12H12N4O2. The van der Waals surface area contributed by atoms with Crippen molar-refractivity contribution < 1.29 is 9.59 Å². The highest BCUT2D eigenvalue weighted by Crippen LogP contribution is 2.73. The molecule has 2 rings (SSSR count). The minimum atomic E-state index is -1.70. The van der Waals surface area contributed by atoms with Gasteiger partial charge in [0.2, 0.25) is 0 Å². The summed E-state index contributed by atoms with van der Waals surface area (Å²) in [6, 6.07) is 3.67. The number of nitriles is 2. The summed E-state index contributed by atoms with van der Waals surface area (Å²) in [4.78, 5) is 27.6. The van der Waals surface area contributed by atoms with Gasteiger partial charge in [-0.05, 0) is 0 Å². The van der Waals surface area contributed by atoms with Crippen molar-refractivity contribution in [1.29, 1.82) is 10.5 Å². The van der Waals surface area contributed by atoms with E-state index in [1.165, 1.54) is 0 Å². The van der Waals surface area contributed by atoms with Crippen molar-refractivity contribution in [2.45, 2.75) is 20.8 Å². The van der Waals surface area contributed by atoms with Gasteiger partial charge in [-0.2, -0.15) is 15.5 Å². The molecule has 1 aliphatic heterocycles. The Kier molecular flexibility index (Phi) is 2.02. The van der Waals surface area contributed by atoms with E-state index in [4.69, 9.17) is 5.73 Å². The normalized spacial score (nSPS) is 37.3. The van der Waals surface area contributed by atoms with Crippen LogP contribution in [0.2, 0.25) is 0 Å². The molecule has 6 heteroatoms. The maximum Gasteiger partial charge on any atom is 0.270 e. The van der Waals surface area contributed by atoms with E-state index in [0.717, 1.165) is 0 Å².